The number of rotatable bonds is 1. The lowest BCUT2D eigenvalue weighted by molar-refractivity contribution is 0.0544. The van der Waals surface area contributed by atoms with Crippen molar-refractivity contribution in [1.82, 2.24) is 4.57 Å². The molecule has 2 rings (SSSR count). The molecule has 19 heavy (non-hydrogen) atoms. The maximum Gasteiger partial charge on any atom is 0.418 e. The molecule has 0 fully saturated rings. The van der Waals surface area contributed by atoms with E-state index in [-0.39, 0.29) is 5.75 Å². The van der Waals surface area contributed by atoms with Gasteiger partial charge in [0.1, 0.15) is 11.4 Å². The molecule has 0 unspecified atom stereocenters. The standard InChI is InChI=1S/C15H19NO3/c1-10-8-12(18-5)9-11-6-7-16(13(10)11)14(17)19-15(2,3)4/h6-9H,1-5H3/i5D3. The van der Waals surface area contributed by atoms with Gasteiger partial charge in [-0.1, -0.05) is 0 Å². The molecule has 0 bridgehead atoms. The first-order valence-electron chi connectivity index (χ1n) is 7.50. The van der Waals surface area contributed by atoms with Crippen LogP contribution in [0.25, 0.3) is 10.9 Å². The quantitative estimate of drug-likeness (QED) is 0.787. The van der Waals surface area contributed by atoms with Crippen LogP contribution in [0.5, 0.6) is 5.75 Å². The first-order valence-corrected chi connectivity index (χ1v) is 6.00. The summed E-state index contributed by atoms with van der Waals surface area (Å²) in [5, 5.41) is 0.713. The molecular formula is C15H19NO3. The van der Waals surface area contributed by atoms with E-state index in [1.54, 1.807) is 52.1 Å². The minimum atomic E-state index is -2.51. The van der Waals surface area contributed by atoms with Crippen molar-refractivity contribution in [1.29, 1.82) is 0 Å². The second-order valence-electron chi connectivity index (χ2n) is 5.45. The van der Waals surface area contributed by atoms with Crippen molar-refractivity contribution < 1.29 is 18.4 Å². The molecule has 1 aromatic heterocycles. The highest BCUT2D eigenvalue weighted by molar-refractivity contribution is 5.92. The van der Waals surface area contributed by atoms with E-state index in [2.05, 4.69) is 0 Å². The summed E-state index contributed by atoms with van der Waals surface area (Å²) < 4.78 is 33.1. The van der Waals surface area contributed by atoms with Gasteiger partial charge >= 0.3 is 6.09 Å². The molecule has 2 aromatic rings. The van der Waals surface area contributed by atoms with Gasteiger partial charge in [-0.2, -0.15) is 0 Å². The van der Waals surface area contributed by atoms with Gasteiger partial charge in [0.2, 0.25) is 0 Å². The Morgan fingerprint density at radius 2 is 2.11 bits per heavy atom. The largest absolute Gasteiger partial charge is 0.497 e. The van der Waals surface area contributed by atoms with Gasteiger partial charge in [-0.15, -0.1) is 0 Å². The first kappa shape index (κ1) is 9.89. The number of carbonyl (C=O) groups excluding carboxylic acids is 1. The maximum atomic E-state index is 12.2. The van der Waals surface area contributed by atoms with Crippen molar-refractivity contribution in [2.45, 2.75) is 33.3 Å². The zero-order valence-electron chi connectivity index (χ0n) is 14.5. The van der Waals surface area contributed by atoms with Crippen molar-refractivity contribution >= 4 is 17.0 Å². The number of hydrogen-bond donors (Lipinski definition) is 0. The van der Waals surface area contributed by atoms with Crippen molar-refractivity contribution in [3.63, 3.8) is 0 Å². The molecule has 1 heterocycles. The van der Waals surface area contributed by atoms with E-state index < -0.39 is 18.7 Å². The van der Waals surface area contributed by atoms with E-state index >= 15 is 0 Å². The van der Waals surface area contributed by atoms with Crippen LogP contribution >= 0.6 is 0 Å². The third kappa shape index (κ3) is 2.72. The van der Waals surface area contributed by atoms with Crippen LogP contribution in [-0.2, 0) is 4.74 Å². The lowest BCUT2D eigenvalue weighted by atomic mass is 10.1. The molecule has 0 amide bonds. The lowest BCUT2D eigenvalue weighted by Crippen LogP contribution is -2.26. The van der Waals surface area contributed by atoms with Crippen LogP contribution in [0, 0.1) is 6.92 Å². The summed E-state index contributed by atoms with van der Waals surface area (Å²) in [6.07, 6.45) is 1.13. The molecule has 0 spiro atoms. The number of methoxy groups -OCH3 is 1. The number of ether oxygens (including phenoxy) is 2. The Bertz CT molecular complexity index is 711. The van der Waals surface area contributed by atoms with Crippen LogP contribution in [0.1, 0.15) is 30.4 Å². The Hall–Kier alpha value is -1.97. The van der Waals surface area contributed by atoms with Crippen LogP contribution in [0.4, 0.5) is 4.79 Å². The molecule has 0 saturated carbocycles. The van der Waals surface area contributed by atoms with Crippen LogP contribution in [-0.4, -0.2) is 23.3 Å². The summed E-state index contributed by atoms with van der Waals surface area (Å²) in [4.78, 5) is 12.2. The first-order chi connectivity index (χ1) is 9.96. The summed E-state index contributed by atoms with van der Waals surface area (Å²) in [6.45, 7) is 7.18. The second kappa shape index (κ2) is 4.61. The summed E-state index contributed by atoms with van der Waals surface area (Å²) >= 11 is 0. The molecular weight excluding hydrogens is 242 g/mol. The number of carbonyl (C=O) groups is 1. The maximum absolute atomic E-state index is 12.2. The van der Waals surface area contributed by atoms with Crippen molar-refractivity contribution in [3.05, 3.63) is 30.0 Å². The fourth-order valence-corrected chi connectivity index (χ4v) is 1.98. The van der Waals surface area contributed by atoms with Crippen LogP contribution in [0.3, 0.4) is 0 Å². The van der Waals surface area contributed by atoms with E-state index in [4.69, 9.17) is 13.6 Å². The number of hydrogen-bond acceptors (Lipinski definition) is 3. The van der Waals surface area contributed by atoms with E-state index in [1.807, 2.05) is 0 Å². The molecule has 0 saturated heterocycles. The molecule has 102 valence electrons. The van der Waals surface area contributed by atoms with Crippen LogP contribution < -0.4 is 4.74 Å². The minimum absolute atomic E-state index is 0.243. The van der Waals surface area contributed by atoms with Gasteiger partial charge < -0.3 is 9.47 Å². The Kier molecular flexibility index (Phi) is 2.40. The molecule has 0 radical (unpaired) electrons. The molecule has 0 aliphatic rings. The molecule has 0 N–H and O–H groups in total. The van der Waals surface area contributed by atoms with Gasteiger partial charge in [-0.3, -0.25) is 4.57 Å². The zero-order valence-corrected chi connectivity index (χ0v) is 11.5. The number of fused-ring (bicyclic) bond motifs is 1. The predicted octanol–water partition coefficient (Wildman–Crippen LogP) is 3.74. The molecule has 0 aliphatic carbocycles. The molecule has 0 atom stereocenters. The van der Waals surface area contributed by atoms with Gasteiger partial charge in [0.25, 0.3) is 0 Å². The Morgan fingerprint density at radius 3 is 2.74 bits per heavy atom. The second-order valence-corrected chi connectivity index (χ2v) is 5.45. The lowest BCUT2D eigenvalue weighted by Gasteiger charge is -2.20. The Morgan fingerprint density at radius 1 is 1.37 bits per heavy atom. The Balaban J connectivity index is 2.43. The molecule has 4 heteroatoms. The van der Waals surface area contributed by atoms with E-state index in [9.17, 15) is 4.79 Å². The smallest absolute Gasteiger partial charge is 0.418 e. The van der Waals surface area contributed by atoms with E-state index in [0.29, 0.717) is 10.9 Å². The monoisotopic (exact) mass is 264 g/mol. The Labute approximate surface area is 117 Å². The number of benzene rings is 1. The van der Waals surface area contributed by atoms with Crippen molar-refractivity contribution in [2.24, 2.45) is 0 Å². The molecule has 1 aromatic carbocycles. The minimum Gasteiger partial charge on any atom is -0.497 e. The number of aromatic nitrogens is 1. The third-order valence-electron chi connectivity index (χ3n) is 2.66. The van der Waals surface area contributed by atoms with Crippen LogP contribution in [0.2, 0.25) is 0 Å². The fraction of sp³-hybridized carbons (Fsp3) is 0.400. The molecule has 4 nitrogen and oxygen atoms in total. The predicted molar refractivity (Wildman–Crippen MR) is 74.9 cm³/mol. The zero-order chi connectivity index (χ0) is 16.7. The highest BCUT2D eigenvalue weighted by atomic mass is 16.6. The average Bonchev–Trinajstić information content (AvgIpc) is 2.68. The summed E-state index contributed by atoms with van der Waals surface area (Å²) in [5.74, 6) is 0.243. The van der Waals surface area contributed by atoms with Gasteiger partial charge in [-0.25, -0.2) is 4.79 Å². The topological polar surface area (TPSA) is 40.5 Å². The summed E-state index contributed by atoms with van der Waals surface area (Å²) in [6, 6.07) is 4.91. The van der Waals surface area contributed by atoms with E-state index in [0.717, 1.165) is 5.56 Å². The van der Waals surface area contributed by atoms with Crippen LogP contribution in [0.15, 0.2) is 24.4 Å². The SMILES string of the molecule is [2H]C([2H])([2H])Oc1cc(C)c2c(ccn2C(=O)OC(C)(C)C)c1. The highest BCUT2D eigenvalue weighted by Crippen LogP contribution is 2.26. The normalized spacial score (nSPS) is 14.6. The summed E-state index contributed by atoms with van der Waals surface area (Å²) in [5.41, 5.74) is 0.811. The van der Waals surface area contributed by atoms with Gasteiger partial charge in [-0.05, 0) is 51.5 Å². The van der Waals surface area contributed by atoms with E-state index in [1.165, 1.54) is 4.57 Å². The third-order valence-corrected chi connectivity index (χ3v) is 2.66. The van der Waals surface area contributed by atoms with Gasteiger partial charge in [0, 0.05) is 11.6 Å². The van der Waals surface area contributed by atoms with Crippen molar-refractivity contribution in [2.75, 3.05) is 7.04 Å². The fourth-order valence-electron chi connectivity index (χ4n) is 1.98. The number of nitrogens with zero attached hydrogens (tertiary/aromatic N) is 1. The van der Waals surface area contributed by atoms with Gasteiger partial charge in [0.15, 0.2) is 0 Å². The average molecular weight is 264 g/mol. The summed E-state index contributed by atoms with van der Waals surface area (Å²) in [7, 11) is -2.51. The van der Waals surface area contributed by atoms with Gasteiger partial charge in [0.05, 0.1) is 16.7 Å². The molecule has 0 aliphatic heterocycles. The van der Waals surface area contributed by atoms with Crippen molar-refractivity contribution in [3.8, 4) is 5.75 Å². The highest BCUT2D eigenvalue weighted by Gasteiger charge is 2.19. The number of aryl methyl sites for hydroxylation is 1.